The number of aliphatic hydroxyl groups is 1. The van der Waals surface area contributed by atoms with Crippen molar-refractivity contribution in [3.8, 4) is 0 Å². The van der Waals surface area contributed by atoms with E-state index in [0.717, 1.165) is 16.5 Å². The lowest BCUT2D eigenvalue weighted by Crippen LogP contribution is -2.55. The van der Waals surface area contributed by atoms with E-state index in [-0.39, 0.29) is 24.4 Å². The topological polar surface area (TPSA) is 72.9 Å². The molecule has 2 aromatic carbocycles. The molecule has 0 unspecified atom stereocenters. The maximum Gasteiger partial charge on any atom is 0.252 e. The van der Waals surface area contributed by atoms with Gasteiger partial charge < -0.3 is 20.2 Å². The molecule has 0 bridgehead atoms. The lowest BCUT2D eigenvalue weighted by atomic mass is 9.99. The van der Waals surface area contributed by atoms with Crippen molar-refractivity contribution in [3.05, 3.63) is 42.0 Å². The molecule has 6 heteroatoms. The first-order valence-corrected chi connectivity index (χ1v) is 8.82. The number of likely N-dealkylation sites (tertiary alicyclic amines) is 1. The zero-order chi connectivity index (χ0) is 18.8. The van der Waals surface area contributed by atoms with E-state index in [4.69, 9.17) is 0 Å². The molecule has 2 atom stereocenters. The summed E-state index contributed by atoms with van der Waals surface area (Å²) in [7, 11) is 3.95. The first-order valence-electron chi connectivity index (χ1n) is 8.82. The fraction of sp³-hybridized carbons (Fsp3) is 0.400. The van der Waals surface area contributed by atoms with Gasteiger partial charge in [-0.25, -0.2) is 0 Å². The Balaban J connectivity index is 1.83. The van der Waals surface area contributed by atoms with Crippen LogP contribution < -0.4 is 10.2 Å². The van der Waals surface area contributed by atoms with Crippen LogP contribution in [0.5, 0.6) is 0 Å². The zero-order valence-electron chi connectivity index (χ0n) is 15.4. The van der Waals surface area contributed by atoms with Crippen molar-refractivity contribution in [2.24, 2.45) is 0 Å². The molecule has 1 aliphatic rings. The van der Waals surface area contributed by atoms with Crippen molar-refractivity contribution in [3.63, 3.8) is 0 Å². The van der Waals surface area contributed by atoms with Gasteiger partial charge in [0.05, 0.1) is 12.1 Å². The van der Waals surface area contributed by atoms with E-state index in [9.17, 15) is 14.7 Å². The SMILES string of the molecule is CC(=O)N1CC[C@@H](NC(=O)c2ccc(N(C)C)c3ccccc23)[C@H](O)C1. The van der Waals surface area contributed by atoms with Gasteiger partial charge in [0.1, 0.15) is 0 Å². The largest absolute Gasteiger partial charge is 0.389 e. The predicted octanol–water partition coefficient (Wildman–Crippen LogP) is 1.62. The molecule has 2 aromatic rings. The molecular formula is C20H25N3O3. The second-order valence-corrected chi connectivity index (χ2v) is 6.97. The Morgan fingerprint density at radius 2 is 1.85 bits per heavy atom. The van der Waals surface area contributed by atoms with Gasteiger partial charge in [0.25, 0.3) is 5.91 Å². The molecule has 0 radical (unpaired) electrons. The van der Waals surface area contributed by atoms with E-state index in [0.29, 0.717) is 18.5 Å². The maximum absolute atomic E-state index is 12.9. The summed E-state index contributed by atoms with van der Waals surface area (Å²) >= 11 is 0. The summed E-state index contributed by atoms with van der Waals surface area (Å²) in [4.78, 5) is 27.9. The quantitative estimate of drug-likeness (QED) is 0.878. The molecule has 2 amide bonds. The molecule has 0 aliphatic carbocycles. The smallest absolute Gasteiger partial charge is 0.252 e. The normalized spacial score (nSPS) is 20.1. The van der Waals surface area contributed by atoms with Gasteiger partial charge in [-0.1, -0.05) is 24.3 Å². The van der Waals surface area contributed by atoms with Crippen molar-refractivity contribution in [1.29, 1.82) is 0 Å². The second-order valence-electron chi connectivity index (χ2n) is 6.97. The Morgan fingerprint density at radius 1 is 1.15 bits per heavy atom. The van der Waals surface area contributed by atoms with Gasteiger partial charge in [0.15, 0.2) is 0 Å². The van der Waals surface area contributed by atoms with Crippen LogP contribution in [0.15, 0.2) is 36.4 Å². The van der Waals surface area contributed by atoms with Crippen molar-refractivity contribution < 1.29 is 14.7 Å². The summed E-state index contributed by atoms with van der Waals surface area (Å²) in [6.07, 6.45) is -0.218. The Bertz CT molecular complexity index is 834. The molecule has 1 aliphatic heterocycles. The van der Waals surface area contributed by atoms with E-state index in [2.05, 4.69) is 5.32 Å². The highest BCUT2D eigenvalue weighted by Crippen LogP contribution is 2.28. The lowest BCUT2D eigenvalue weighted by Gasteiger charge is -2.35. The zero-order valence-corrected chi connectivity index (χ0v) is 15.4. The average Bonchev–Trinajstić information content (AvgIpc) is 2.62. The van der Waals surface area contributed by atoms with Crippen LogP contribution in [-0.2, 0) is 4.79 Å². The van der Waals surface area contributed by atoms with Gasteiger partial charge in [-0.15, -0.1) is 0 Å². The van der Waals surface area contributed by atoms with Crippen molar-refractivity contribution in [2.75, 3.05) is 32.1 Å². The minimum absolute atomic E-state index is 0.0564. The van der Waals surface area contributed by atoms with Crippen LogP contribution >= 0.6 is 0 Å². The molecule has 26 heavy (non-hydrogen) atoms. The van der Waals surface area contributed by atoms with Gasteiger partial charge in [0, 0.05) is 50.7 Å². The molecule has 1 heterocycles. The second kappa shape index (κ2) is 7.33. The third-order valence-electron chi connectivity index (χ3n) is 4.97. The standard InChI is InChI=1S/C20H25N3O3/c1-13(24)23-11-10-17(19(25)12-23)21-20(26)16-8-9-18(22(2)3)15-7-5-4-6-14(15)16/h4-9,17,19,25H,10-12H2,1-3H3,(H,21,26)/t17-,19-/m1/s1. The van der Waals surface area contributed by atoms with Crippen molar-refractivity contribution in [1.82, 2.24) is 10.2 Å². The number of piperidine rings is 1. The third-order valence-corrected chi connectivity index (χ3v) is 4.97. The van der Waals surface area contributed by atoms with Gasteiger partial charge in [0.2, 0.25) is 5.91 Å². The van der Waals surface area contributed by atoms with Crippen molar-refractivity contribution >= 4 is 28.3 Å². The summed E-state index contributed by atoms with van der Waals surface area (Å²) in [5.41, 5.74) is 1.64. The molecule has 0 saturated carbocycles. The summed E-state index contributed by atoms with van der Waals surface area (Å²) in [6.45, 7) is 2.28. The van der Waals surface area contributed by atoms with E-state index in [1.165, 1.54) is 6.92 Å². The Morgan fingerprint density at radius 3 is 2.46 bits per heavy atom. The molecule has 3 rings (SSSR count). The highest BCUT2D eigenvalue weighted by atomic mass is 16.3. The fourth-order valence-corrected chi connectivity index (χ4v) is 3.50. The summed E-state index contributed by atoms with van der Waals surface area (Å²) in [6, 6.07) is 11.2. The number of rotatable bonds is 3. The monoisotopic (exact) mass is 355 g/mol. The molecule has 1 fully saturated rings. The van der Waals surface area contributed by atoms with Gasteiger partial charge >= 0.3 is 0 Å². The number of carbonyl (C=O) groups is 2. The Hall–Kier alpha value is -2.60. The number of hydrogen-bond acceptors (Lipinski definition) is 4. The predicted molar refractivity (Wildman–Crippen MR) is 102 cm³/mol. The van der Waals surface area contributed by atoms with E-state index in [1.807, 2.05) is 55.4 Å². The van der Waals surface area contributed by atoms with Crippen LogP contribution in [0.4, 0.5) is 5.69 Å². The van der Waals surface area contributed by atoms with Crippen molar-refractivity contribution in [2.45, 2.75) is 25.5 Å². The molecule has 6 nitrogen and oxygen atoms in total. The van der Waals surface area contributed by atoms with Crippen LogP contribution in [0.1, 0.15) is 23.7 Å². The fourth-order valence-electron chi connectivity index (χ4n) is 3.50. The number of benzene rings is 2. The van der Waals surface area contributed by atoms with Gasteiger partial charge in [-0.05, 0) is 23.9 Å². The molecule has 0 aromatic heterocycles. The summed E-state index contributed by atoms with van der Waals surface area (Å²) < 4.78 is 0. The number of fused-ring (bicyclic) bond motifs is 1. The van der Waals surface area contributed by atoms with Gasteiger partial charge in [-0.3, -0.25) is 9.59 Å². The molecule has 0 spiro atoms. The first kappa shape index (κ1) is 18.2. The number of anilines is 1. The molecule has 2 N–H and O–H groups in total. The number of hydrogen-bond donors (Lipinski definition) is 2. The Kier molecular flexibility index (Phi) is 5.13. The molecular weight excluding hydrogens is 330 g/mol. The minimum atomic E-state index is -0.760. The van der Waals surface area contributed by atoms with E-state index >= 15 is 0 Å². The summed E-state index contributed by atoms with van der Waals surface area (Å²) in [5, 5.41) is 15.1. The molecule has 1 saturated heterocycles. The maximum atomic E-state index is 12.9. The minimum Gasteiger partial charge on any atom is -0.389 e. The number of β-amino-alcohol motifs (C(OH)–C–C–N with tert-alkyl or cyclic N) is 1. The van der Waals surface area contributed by atoms with Crippen LogP contribution in [-0.4, -0.2) is 61.2 Å². The van der Waals surface area contributed by atoms with Crippen LogP contribution in [0, 0.1) is 0 Å². The third kappa shape index (κ3) is 3.51. The first-order chi connectivity index (χ1) is 12.4. The van der Waals surface area contributed by atoms with Crippen LogP contribution in [0.25, 0.3) is 10.8 Å². The average molecular weight is 355 g/mol. The highest BCUT2D eigenvalue weighted by Gasteiger charge is 2.30. The Labute approximate surface area is 153 Å². The number of nitrogens with one attached hydrogen (secondary N) is 1. The number of amides is 2. The van der Waals surface area contributed by atoms with Crippen LogP contribution in [0.2, 0.25) is 0 Å². The van der Waals surface area contributed by atoms with Crippen LogP contribution in [0.3, 0.4) is 0 Å². The lowest BCUT2D eigenvalue weighted by molar-refractivity contribution is -0.132. The highest BCUT2D eigenvalue weighted by molar-refractivity contribution is 6.10. The van der Waals surface area contributed by atoms with E-state index in [1.54, 1.807) is 4.90 Å². The van der Waals surface area contributed by atoms with E-state index < -0.39 is 6.10 Å². The summed E-state index contributed by atoms with van der Waals surface area (Å²) in [5.74, 6) is -0.258. The van der Waals surface area contributed by atoms with Gasteiger partial charge in [-0.2, -0.15) is 0 Å². The number of carbonyl (C=O) groups excluding carboxylic acids is 2. The molecule has 138 valence electrons. The number of aliphatic hydroxyl groups excluding tert-OH is 1. The number of nitrogens with zero attached hydrogens (tertiary/aromatic N) is 2.